The standard InChI is InChI=1S/C19H23N3OS/c1-4-10-21(11-5-2)18(23)17-13-24-19-20-16(12-22(17)19)15-8-6-14(3)7-9-15/h6-9,12-13H,4-5,10-11H2,1-3H3. The molecule has 3 rings (SSSR count). The summed E-state index contributed by atoms with van der Waals surface area (Å²) in [5.41, 5.74) is 3.93. The Labute approximate surface area is 146 Å². The summed E-state index contributed by atoms with van der Waals surface area (Å²) in [5.74, 6) is 0.0952. The molecule has 3 aromatic rings. The Bertz CT molecular complexity index is 826. The maximum absolute atomic E-state index is 12.9. The van der Waals surface area contributed by atoms with Crippen molar-refractivity contribution >= 4 is 22.2 Å². The monoisotopic (exact) mass is 341 g/mol. The van der Waals surface area contributed by atoms with Gasteiger partial charge in [-0.05, 0) is 19.8 Å². The summed E-state index contributed by atoms with van der Waals surface area (Å²) >= 11 is 1.52. The number of hydrogen-bond acceptors (Lipinski definition) is 3. The number of nitrogens with zero attached hydrogens (tertiary/aromatic N) is 3. The lowest BCUT2D eigenvalue weighted by Crippen LogP contribution is -2.33. The number of amides is 1. The number of fused-ring (bicyclic) bond motifs is 1. The van der Waals surface area contributed by atoms with Crippen molar-refractivity contribution in [2.75, 3.05) is 13.1 Å². The van der Waals surface area contributed by atoms with Gasteiger partial charge >= 0.3 is 0 Å². The predicted molar refractivity (Wildman–Crippen MR) is 99.7 cm³/mol. The number of carbonyl (C=O) groups excluding carboxylic acids is 1. The molecule has 0 saturated heterocycles. The normalized spacial score (nSPS) is 11.1. The zero-order valence-electron chi connectivity index (χ0n) is 14.5. The van der Waals surface area contributed by atoms with Gasteiger partial charge in [-0.15, -0.1) is 11.3 Å². The number of carbonyl (C=O) groups is 1. The highest BCUT2D eigenvalue weighted by Crippen LogP contribution is 2.24. The van der Waals surface area contributed by atoms with Gasteiger partial charge in [0.15, 0.2) is 4.96 Å². The summed E-state index contributed by atoms with van der Waals surface area (Å²) in [5, 5.41) is 1.92. The second kappa shape index (κ2) is 7.18. The molecule has 0 aliphatic carbocycles. The zero-order chi connectivity index (χ0) is 17.1. The van der Waals surface area contributed by atoms with Crippen LogP contribution in [0.5, 0.6) is 0 Å². The van der Waals surface area contributed by atoms with E-state index in [1.54, 1.807) is 0 Å². The van der Waals surface area contributed by atoms with Gasteiger partial charge in [0.2, 0.25) is 0 Å². The van der Waals surface area contributed by atoms with E-state index in [9.17, 15) is 4.79 Å². The van der Waals surface area contributed by atoms with Gasteiger partial charge in [-0.2, -0.15) is 0 Å². The first kappa shape index (κ1) is 16.7. The molecule has 5 heteroatoms. The minimum absolute atomic E-state index is 0.0952. The third kappa shape index (κ3) is 3.22. The molecule has 4 nitrogen and oxygen atoms in total. The van der Waals surface area contributed by atoms with Crippen molar-refractivity contribution in [3.63, 3.8) is 0 Å². The molecule has 1 aromatic carbocycles. The van der Waals surface area contributed by atoms with Crippen LogP contribution >= 0.6 is 11.3 Å². The highest BCUT2D eigenvalue weighted by molar-refractivity contribution is 7.15. The number of aryl methyl sites for hydroxylation is 1. The van der Waals surface area contributed by atoms with Gasteiger partial charge in [0.05, 0.1) is 5.69 Å². The van der Waals surface area contributed by atoms with E-state index in [0.29, 0.717) is 5.69 Å². The molecule has 24 heavy (non-hydrogen) atoms. The van der Waals surface area contributed by atoms with Crippen molar-refractivity contribution in [2.24, 2.45) is 0 Å². The number of imidazole rings is 1. The van der Waals surface area contributed by atoms with E-state index in [4.69, 9.17) is 0 Å². The first-order chi connectivity index (χ1) is 11.6. The lowest BCUT2D eigenvalue weighted by atomic mass is 10.1. The summed E-state index contributed by atoms with van der Waals surface area (Å²) in [6.45, 7) is 7.87. The topological polar surface area (TPSA) is 37.6 Å². The number of rotatable bonds is 6. The maximum atomic E-state index is 12.9. The van der Waals surface area contributed by atoms with Crippen LogP contribution in [0.15, 0.2) is 35.8 Å². The van der Waals surface area contributed by atoms with Crippen molar-refractivity contribution in [3.05, 3.63) is 47.1 Å². The van der Waals surface area contributed by atoms with Gasteiger partial charge < -0.3 is 4.90 Å². The second-order valence-electron chi connectivity index (χ2n) is 6.06. The Morgan fingerprint density at radius 2 is 1.83 bits per heavy atom. The number of thiazole rings is 1. The average molecular weight is 341 g/mol. The van der Waals surface area contributed by atoms with Crippen LogP contribution in [0, 0.1) is 6.92 Å². The molecule has 2 heterocycles. The van der Waals surface area contributed by atoms with Crippen LogP contribution in [0.2, 0.25) is 0 Å². The van der Waals surface area contributed by atoms with E-state index in [1.807, 2.05) is 20.9 Å². The molecule has 0 aliphatic rings. The number of hydrogen-bond donors (Lipinski definition) is 0. The third-order valence-electron chi connectivity index (χ3n) is 4.05. The van der Waals surface area contributed by atoms with Gasteiger partial charge in [0.25, 0.3) is 5.91 Å². The highest BCUT2D eigenvalue weighted by Gasteiger charge is 2.20. The average Bonchev–Trinajstić information content (AvgIpc) is 3.15. The molecule has 0 N–H and O–H groups in total. The van der Waals surface area contributed by atoms with Crippen LogP contribution in [-0.2, 0) is 0 Å². The molecule has 0 unspecified atom stereocenters. The molecular formula is C19H23N3OS. The molecule has 2 aromatic heterocycles. The van der Waals surface area contributed by atoms with Gasteiger partial charge in [-0.3, -0.25) is 9.20 Å². The molecule has 0 spiro atoms. The predicted octanol–water partition coefficient (Wildman–Crippen LogP) is 4.63. The summed E-state index contributed by atoms with van der Waals surface area (Å²) in [7, 11) is 0. The molecule has 0 radical (unpaired) electrons. The summed E-state index contributed by atoms with van der Waals surface area (Å²) < 4.78 is 1.93. The van der Waals surface area contributed by atoms with Crippen molar-refractivity contribution < 1.29 is 4.79 Å². The van der Waals surface area contributed by atoms with Crippen molar-refractivity contribution in [1.82, 2.24) is 14.3 Å². The van der Waals surface area contributed by atoms with E-state index in [-0.39, 0.29) is 5.91 Å². The van der Waals surface area contributed by atoms with Crippen LogP contribution in [0.1, 0.15) is 42.7 Å². The molecular weight excluding hydrogens is 318 g/mol. The van der Waals surface area contributed by atoms with Gasteiger partial charge in [0, 0.05) is 30.2 Å². The maximum Gasteiger partial charge on any atom is 0.271 e. The van der Waals surface area contributed by atoms with Crippen molar-refractivity contribution in [2.45, 2.75) is 33.6 Å². The molecule has 0 saturated carbocycles. The quantitative estimate of drug-likeness (QED) is 0.655. The van der Waals surface area contributed by atoms with Crippen LogP contribution < -0.4 is 0 Å². The largest absolute Gasteiger partial charge is 0.337 e. The summed E-state index contributed by atoms with van der Waals surface area (Å²) in [4.78, 5) is 20.4. The van der Waals surface area contributed by atoms with Crippen LogP contribution in [-0.4, -0.2) is 33.3 Å². The van der Waals surface area contributed by atoms with E-state index in [1.165, 1.54) is 16.9 Å². The van der Waals surface area contributed by atoms with E-state index < -0.39 is 0 Å². The van der Waals surface area contributed by atoms with Crippen LogP contribution in [0.3, 0.4) is 0 Å². The Morgan fingerprint density at radius 3 is 2.46 bits per heavy atom. The SMILES string of the molecule is CCCN(CCC)C(=O)c1csc2nc(-c3ccc(C)cc3)cn12. The fourth-order valence-electron chi connectivity index (χ4n) is 2.82. The zero-order valence-corrected chi connectivity index (χ0v) is 15.3. The third-order valence-corrected chi connectivity index (χ3v) is 4.89. The highest BCUT2D eigenvalue weighted by atomic mass is 32.1. The van der Waals surface area contributed by atoms with Gasteiger partial charge in [-0.1, -0.05) is 43.7 Å². The Morgan fingerprint density at radius 1 is 1.17 bits per heavy atom. The first-order valence-electron chi connectivity index (χ1n) is 8.47. The van der Waals surface area contributed by atoms with E-state index in [2.05, 4.69) is 50.0 Å². The van der Waals surface area contributed by atoms with Gasteiger partial charge in [-0.25, -0.2) is 4.98 Å². The smallest absolute Gasteiger partial charge is 0.271 e. The molecule has 0 aliphatic heterocycles. The van der Waals surface area contributed by atoms with Crippen molar-refractivity contribution in [1.29, 1.82) is 0 Å². The Balaban J connectivity index is 1.95. The lowest BCUT2D eigenvalue weighted by molar-refractivity contribution is 0.0749. The molecule has 1 amide bonds. The van der Waals surface area contributed by atoms with Crippen LogP contribution in [0.4, 0.5) is 0 Å². The Kier molecular flexibility index (Phi) is 5.00. The molecule has 0 fully saturated rings. The van der Waals surface area contributed by atoms with E-state index in [0.717, 1.165) is 42.1 Å². The van der Waals surface area contributed by atoms with Crippen LogP contribution in [0.25, 0.3) is 16.2 Å². The molecule has 0 bridgehead atoms. The molecule has 126 valence electrons. The summed E-state index contributed by atoms with van der Waals surface area (Å²) in [6.07, 6.45) is 3.91. The molecule has 0 atom stereocenters. The van der Waals surface area contributed by atoms with Crippen molar-refractivity contribution in [3.8, 4) is 11.3 Å². The first-order valence-corrected chi connectivity index (χ1v) is 9.35. The fraction of sp³-hybridized carbons (Fsp3) is 0.368. The number of benzene rings is 1. The number of aromatic nitrogens is 2. The summed E-state index contributed by atoms with van der Waals surface area (Å²) in [6, 6.07) is 8.31. The minimum atomic E-state index is 0.0952. The van der Waals surface area contributed by atoms with E-state index >= 15 is 0 Å². The fourth-order valence-corrected chi connectivity index (χ4v) is 3.66. The second-order valence-corrected chi connectivity index (χ2v) is 6.89. The Hall–Kier alpha value is -2.14. The minimum Gasteiger partial charge on any atom is -0.337 e. The lowest BCUT2D eigenvalue weighted by Gasteiger charge is -2.20. The van der Waals surface area contributed by atoms with Gasteiger partial charge in [0.1, 0.15) is 5.69 Å².